The smallest absolute Gasteiger partial charge is 0.173 e. The Morgan fingerprint density at radius 2 is 1.00 bits per heavy atom. The number of carbonyl (C=O) groups is 4. The predicted molar refractivity (Wildman–Crippen MR) is 171 cm³/mol. The van der Waals surface area contributed by atoms with Crippen LogP contribution in [0.25, 0.3) is 0 Å². The first-order valence-corrected chi connectivity index (χ1v) is 16.7. The molecule has 2 aliphatic rings. The van der Waals surface area contributed by atoms with Gasteiger partial charge in [0.2, 0.25) is 0 Å². The number of ketones is 4. The van der Waals surface area contributed by atoms with E-state index in [4.69, 9.17) is 0 Å². The molecule has 228 valence electrons. The maximum atomic E-state index is 12.6. The van der Waals surface area contributed by atoms with Crippen molar-refractivity contribution in [3.05, 3.63) is 70.8 Å². The van der Waals surface area contributed by atoms with Crippen molar-refractivity contribution in [3.8, 4) is 0 Å². The molecule has 2 unspecified atom stereocenters. The summed E-state index contributed by atoms with van der Waals surface area (Å²) in [6, 6.07) is 15.3. The van der Waals surface area contributed by atoms with Crippen LogP contribution in [0.2, 0.25) is 0 Å². The molecular formula is C38H52O4. The Labute approximate surface area is 254 Å². The molecular weight excluding hydrogens is 520 g/mol. The van der Waals surface area contributed by atoms with Crippen LogP contribution in [0.15, 0.2) is 48.5 Å². The zero-order valence-corrected chi connectivity index (χ0v) is 26.1. The van der Waals surface area contributed by atoms with Gasteiger partial charge in [-0.25, -0.2) is 0 Å². The normalized spacial score (nSPS) is 17.6. The summed E-state index contributed by atoms with van der Waals surface area (Å²) in [6.45, 7) is 3.76. The fraction of sp³-hybridized carbons (Fsp3) is 0.579. The fourth-order valence-corrected chi connectivity index (χ4v) is 6.38. The van der Waals surface area contributed by atoms with Gasteiger partial charge in [0.25, 0.3) is 0 Å². The van der Waals surface area contributed by atoms with Gasteiger partial charge in [0.05, 0.1) is 11.8 Å². The van der Waals surface area contributed by atoms with Crippen molar-refractivity contribution in [2.45, 2.75) is 129 Å². The van der Waals surface area contributed by atoms with Crippen LogP contribution in [-0.2, 0) is 22.4 Å². The van der Waals surface area contributed by atoms with E-state index in [9.17, 15) is 19.2 Å². The molecule has 0 aromatic heterocycles. The van der Waals surface area contributed by atoms with Crippen LogP contribution in [0.3, 0.4) is 0 Å². The van der Waals surface area contributed by atoms with Crippen molar-refractivity contribution < 1.29 is 19.2 Å². The molecule has 4 heteroatoms. The van der Waals surface area contributed by atoms with E-state index in [1.807, 2.05) is 48.5 Å². The number of carbonyl (C=O) groups excluding carboxylic acids is 4. The van der Waals surface area contributed by atoms with E-state index in [1.54, 1.807) is 0 Å². The van der Waals surface area contributed by atoms with Gasteiger partial charge in [0.15, 0.2) is 11.6 Å². The van der Waals surface area contributed by atoms with Gasteiger partial charge < -0.3 is 0 Å². The fourth-order valence-electron chi connectivity index (χ4n) is 6.38. The van der Waals surface area contributed by atoms with Crippen molar-refractivity contribution >= 4 is 23.1 Å². The predicted octanol–water partition coefficient (Wildman–Crippen LogP) is 9.50. The highest BCUT2D eigenvalue weighted by molar-refractivity contribution is 6.12. The van der Waals surface area contributed by atoms with Crippen molar-refractivity contribution in [1.82, 2.24) is 0 Å². The Kier molecular flexibility index (Phi) is 14.9. The van der Waals surface area contributed by atoms with Crippen molar-refractivity contribution in [2.24, 2.45) is 11.8 Å². The molecule has 42 heavy (non-hydrogen) atoms. The Morgan fingerprint density at radius 1 is 0.595 bits per heavy atom. The number of fused-ring (bicyclic) bond motifs is 2. The van der Waals surface area contributed by atoms with Crippen molar-refractivity contribution in [3.63, 3.8) is 0 Å². The van der Waals surface area contributed by atoms with Gasteiger partial charge in [-0.15, -0.1) is 0 Å². The zero-order valence-electron chi connectivity index (χ0n) is 26.1. The summed E-state index contributed by atoms with van der Waals surface area (Å²) in [5.74, 6) is -0.565. The molecule has 2 aliphatic carbocycles. The average molecular weight is 573 g/mol. The lowest BCUT2D eigenvalue weighted by atomic mass is 9.79. The molecule has 0 bridgehead atoms. The second-order valence-electron chi connectivity index (χ2n) is 12.3. The monoisotopic (exact) mass is 572 g/mol. The topological polar surface area (TPSA) is 68.3 Å². The first kappa shape index (κ1) is 33.6. The summed E-state index contributed by atoms with van der Waals surface area (Å²) in [4.78, 5) is 48.1. The Morgan fingerprint density at radius 3 is 1.48 bits per heavy atom. The van der Waals surface area contributed by atoms with Gasteiger partial charge >= 0.3 is 0 Å². The molecule has 2 atom stereocenters. The molecule has 2 aromatic rings. The molecule has 0 spiro atoms. The van der Waals surface area contributed by atoms with Crippen LogP contribution in [0.4, 0.5) is 0 Å². The van der Waals surface area contributed by atoms with Crippen molar-refractivity contribution in [1.29, 1.82) is 0 Å². The molecule has 0 saturated carbocycles. The number of rotatable bonds is 16. The summed E-state index contributed by atoms with van der Waals surface area (Å²) < 4.78 is 0. The van der Waals surface area contributed by atoms with E-state index in [2.05, 4.69) is 6.92 Å². The van der Waals surface area contributed by atoms with Crippen LogP contribution in [0.1, 0.15) is 148 Å². The maximum absolute atomic E-state index is 12.6. The minimum absolute atomic E-state index is 0.000602. The molecule has 0 saturated heterocycles. The minimum atomic E-state index is -0.398. The van der Waals surface area contributed by atoms with Gasteiger partial charge in [0, 0.05) is 17.5 Å². The van der Waals surface area contributed by atoms with E-state index in [1.165, 1.54) is 77.6 Å². The van der Waals surface area contributed by atoms with Gasteiger partial charge in [-0.05, 0) is 50.2 Å². The van der Waals surface area contributed by atoms with Crippen LogP contribution in [0.5, 0.6) is 0 Å². The summed E-state index contributed by atoms with van der Waals surface area (Å²) in [7, 11) is 0. The lowest BCUT2D eigenvalue weighted by molar-refractivity contribution is -0.122. The minimum Gasteiger partial charge on any atom is -0.299 e. The Bertz CT molecular complexity index is 1160. The molecule has 0 amide bonds. The molecule has 2 aromatic carbocycles. The number of unbranched alkanes of at least 4 members (excludes halogenated alkanes) is 12. The quantitative estimate of drug-likeness (QED) is 0.148. The summed E-state index contributed by atoms with van der Waals surface area (Å²) >= 11 is 0. The molecule has 0 heterocycles. The first-order valence-electron chi connectivity index (χ1n) is 16.7. The SMILES string of the molecule is CC(=O)C1CCc2ccccc2C1=O.CCCCCCCCCCCCCCCC(=O)C1CCc2ccccc2C1=O. The van der Waals surface area contributed by atoms with Crippen LogP contribution >= 0.6 is 0 Å². The lowest BCUT2D eigenvalue weighted by Gasteiger charge is -2.22. The molecule has 4 nitrogen and oxygen atoms in total. The van der Waals surface area contributed by atoms with Gasteiger partial charge in [-0.3, -0.25) is 19.2 Å². The number of Topliss-reactive ketones (excluding diaryl/α,β-unsaturated/α-hetero) is 4. The van der Waals surface area contributed by atoms with Gasteiger partial charge in [0.1, 0.15) is 11.6 Å². The van der Waals surface area contributed by atoms with Crippen LogP contribution in [0, 0.1) is 11.8 Å². The van der Waals surface area contributed by atoms with Crippen LogP contribution < -0.4 is 0 Å². The van der Waals surface area contributed by atoms with Gasteiger partial charge in [-0.1, -0.05) is 133 Å². The van der Waals surface area contributed by atoms with E-state index >= 15 is 0 Å². The Balaban J connectivity index is 0.000000287. The third kappa shape index (κ3) is 10.4. The van der Waals surface area contributed by atoms with Crippen molar-refractivity contribution in [2.75, 3.05) is 0 Å². The van der Waals surface area contributed by atoms with E-state index in [0.29, 0.717) is 19.3 Å². The van der Waals surface area contributed by atoms with E-state index in [0.717, 1.165) is 47.9 Å². The molecule has 0 radical (unpaired) electrons. The zero-order chi connectivity index (χ0) is 30.2. The van der Waals surface area contributed by atoms with E-state index < -0.39 is 5.92 Å². The number of aryl methyl sites for hydroxylation is 2. The average Bonchev–Trinajstić information content (AvgIpc) is 3.00. The third-order valence-corrected chi connectivity index (χ3v) is 9.01. The molecule has 0 N–H and O–H groups in total. The number of hydrogen-bond acceptors (Lipinski definition) is 4. The second-order valence-corrected chi connectivity index (χ2v) is 12.3. The standard InChI is InChI=1S/C26H40O2.C12H12O2/c1-2-3-4-5-6-7-8-9-10-11-12-13-14-19-25(27)24-21-20-22-17-15-16-18-23(22)26(24)28;1-8(13)10-7-6-9-4-2-3-5-11(9)12(10)14/h15-18,24H,2-14,19-21H2,1H3;2-5,10H,6-7H2,1H3. The van der Waals surface area contributed by atoms with Gasteiger partial charge in [-0.2, -0.15) is 0 Å². The number of benzene rings is 2. The molecule has 4 rings (SSSR count). The largest absolute Gasteiger partial charge is 0.299 e. The highest BCUT2D eigenvalue weighted by atomic mass is 16.2. The molecule has 0 fully saturated rings. The van der Waals surface area contributed by atoms with Crippen LogP contribution in [-0.4, -0.2) is 23.1 Å². The summed E-state index contributed by atoms with van der Waals surface area (Å²) in [5.41, 5.74) is 3.70. The molecule has 0 aliphatic heterocycles. The first-order chi connectivity index (χ1) is 20.4. The summed E-state index contributed by atoms with van der Waals surface area (Å²) in [5, 5.41) is 0. The second kappa shape index (κ2) is 18.6. The lowest BCUT2D eigenvalue weighted by Crippen LogP contribution is -2.29. The third-order valence-electron chi connectivity index (χ3n) is 9.01. The summed E-state index contributed by atoms with van der Waals surface area (Å²) in [6.07, 6.45) is 20.7. The highest BCUT2D eigenvalue weighted by Gasteiger charge is 2.32. The Hall–Kier alpha value is -2.88. The number of hydrogen-bond donors (Lipinski definition) is 0. The van der Waals surface area contributed by atoms with E-state index in [-0.39, 0.29) is 29.1 Å². The highest BCUT2D eigenvalue weighted by Crippen LogP contribution is 2.28. The maximum Gasteiger partial charge on any atom is 0.173 e.